The molecule has 0 aromatic heterocycles. The van der Waals surface area contributed by atoms with Crippen LogP contribution in [-0.4, -0.2) is 23.7 Å². The molecule has 0 saturated carbocycles. The second-order valence-corrected chi connectivity index (χ2v) is 5.47. The molecule has 1 aromatic rings. The zero-order chi connectivity index (χ0) is 13.9. The first-order chi connectivity index (χ1) is 9.02. The van der Waals surface area contributed by atoms with E-state index >= 15 is 0 Å². The van der Waals surface area contributed by atoms with Crippen LogP contribution >= 0.6 is 11.6 Å². The maximum atomic E-state index is 11.0. The number of nitro benzene ring substituents is 1. The van der Waals surface area contributed by atoms with Crippen LogP contribution in [0.25, 0.3) is 0 Å². The quantitative estimate of drug-likeness (QED) is 0.682. The predicted octanol–water partition coefficient (Wildman–Crippen LogP) is 2.91. The van der Waals surface area contributed by atoms with E-state index in [-0.39, 0.29) is 11.2 Å². The first-order valence-corrected chi connectivity index (χ1v) is 6.64. The third-order valence-electron chi connectivity index (χ3n) is 3.42. The Morgan fingerprint density at radius 2 is 2.37 bits per heavy atom. The van der Waals surface area contributed by atoms with E-state index < -0.39 is 4.92 Å². The van der Waals surface area contributed by atoms with Crippen LogP contribution in [0.5, 0.6) is 0 Å². The van der Waals surface area contributed by atoms with Gasteiger partial charge in [-0.1, -0.05) is 17.7 Å². The highest BCUT2D eigenvalue weighted by atomic mass is 35.5. The zero-order valence-electron chi connectivity index (χ0n) is 10.8. The molecule has 1 aromatic carbocycles. The van der Waals surface area contributed by atoms with Gasteiger partial charge in [0.25, 0.3) is 5.69 Å². The van der Waals surface area contributed by atoms with Gasteiger partial charge in [0, 0.05) is 24.8 Å². The van der Waals surface area contributed by atoms with Crippen LogP contribution in [0.4, 0.5) is 5.69 Å². The first-order valence-electron chi connectivity index (χ1n) is 6.26. The van der Waals surface area contributed by atoms with E-state index in [4.69, 9.17) is 16.3 Å². The van der Waals surface area contributed by atoms with Gasteiger partial charge in [0.2, 0.25) is 0 Å². The minimum atomic E-state index is -0.400. The second kappa shape index (κ2) is 5.86. The monoisotopic (exact) mass is 284 g/mol. The fourth-order valence-corrected chi connectivity index (χ4v) is 2.50. The fourth-order valence-electron chi connectivity index (χ4n) is 2.27. The Balaban J connectivity index is 2.12. The highest BCUT2D eigenvalue weighted by molar-refractivity contribution is 6.31. The van der Waals surface area contributed by atoms with Gasteiger partial charge in [-0.25, -0.2) is 0 Å². The fraction of sp³-hybridized carbons (Fsp3) is 0.538. The minimum absolute atomic E-state index is 0.0559. The molecular weight excluding hydrogens is 268 g/mol. The summed E-state index contributed by atoms with van der Waals surface area (Å²) in [6, 6.07) is 4.74. The molecule has 1 heterocycles. The third kappa shape index (κ3) is 3.43. The topological polar surface area (TPSA) is 64.4 Å². The summed E-state index contributed by atoms with van der Waals surface area (Å²) in [5.74, 6) is 0. The minimum Gasteiger partial charge on any atom is -0.380 e. The average Bonchev–Trinajstić information content (AvgIpc) is 2.38. The number of rotatable bonds is 4. The standard InChI is InChI=1S/C13H17ClN2O3/c1-13(6-3-7-19-9-13)15-8-10-11(14)4-2-5-12(10)16(17)18/h2,4-5,15H,3,6-9H2,1H3. The van der Waals surface area contributed by atoms with Crippen molar-refractivity contribution in [3.05, 3.63) is 38.9 Å². The molecule has 0 amide bonds. The highest BCUT2D eigenvalue weighted by Crippen LogP contribution is 2.27. The lowest BCUT2D eigenvalue weighted by molar-refractivity contribution is -0.385. The molecule has 6 heteroatoms. The number of nitro groups is 1. The summed E-state index contributed by atoms with van der Waals surface area (Å²) >= 11 is 6.06. The van der Waals surface area contributed by atoms with Crippen molar-refractivity contribution in [2.45, 2.75) is 31.8 Å². The van der Waals surface area contributed by atoms with Crippen LogP contribution in [0.15, 0.2) is 18.2 Å². The van der Waals surface area contributed by atoms with Crippen molar-refractivity contribution >= 4 is 17.3 Å². The van der Waals surface area contributed by atoms with Gasteiger partial charge in [0.1, 0.15) is 0 Å². The van der Waals surface area contributed by atoms with E-state index in [1.807, 2.05) is 0 Å². The zero-order valence-corrected chi connectivity index (χ0v) is 11.6. The normalized spacial score (nSPS) is 23.3. The van der Waals surface area contributed by atoms with Crippen molar-refractivity contribution in [1.82, 2.24) is 5.32 Å². The molecule has 1 N–H and O–H groups in total. The van der Waals surface area contributed by atoms with Gasteiger partial charge in [0.05, 0.1) is 22.1 Å². The molecule has 1 atom stereocenters. The Bertz CT molecular complexity index is 473. The molecule has 104 valence electrons. The molecule has 19 heavy (non-hydrogen) atoms. The average molecular weight is 285 g/mol. The number of nitrogens with zero attached hydrogens (tertiary/aromatic N) is 1. The smallest absolute Gasteiger partial charge is 0.275 e. The van der Waals surface area contributed by atoms with Gasteiger partial charge >= 0.3 is 0 Å². The van der Waals surface area contributed by atoms with Gasteiger partial charge in [-0.2, -0.15) is 0 Å². The molecule has 0 bridgehead atoms. The van der Waals surface area contributed by atoms with Crippen LogP contribution < -0.4 is 5.32 Å². The molecule has 1 aliphatic rings. The second-order valence-electron chi connectivity index (χ2n) is 5.06. The first kappa shape index (κ1) is 14.2. The van der Waals surface area contributed by atoms with Gasteiger partial charge in [0.15, 0.2) is 0 Å². The van der Waals surface area contributed by atoms with Crippen LogP contribution in [0.3, 0.4) is 0 Å². The van der Waals surface area contributed by atoms with Crippen molar-refractivity contribution in [2.75, 3.05) is 13.2 Å². The molecule has 1 aliphatic heterocycles. The Kier molecular flexibility index (Phi) is 4.39. The molecule has 0 aliphatic carbocycles. The van der Waals surface area contributed by atoms with Crippen molar-refractivity contribution in [1.29, 1.82) is 0 Å². The molecule has 5 nitrogen and oxygen atoms in total. The summed E-state index contributed by atoms with van der Waals surface area (Å²) < 4.78 is 5.45. The summed E-state index contributed by atoms with van der Waals surface area (Å²) in [6.45, 7) is 3.83. The van der Waals surface area contributed by atoms with E-state index in [2.05, 4.69) is 12.2 Å². The van der Waals surface area contributed by atoms with Gasteiger partial charge in [-0.15, -0.1) is 0 Å². The summed E-state index contributed by atoms with van der Waals surface area (Å²) in [4.78, 5) is 10.6. The Hall–Kier alpha value is -1.17. The third-order valence-corrected chi connectivity index (χ3v) is 3.77. The van der Waals surface area contributed by atoms with Gasteiger partial charge in [-0.05, 0) is 25.8 Å². The van der Waals surface area contributed by atoms with Crippen LogP contribution in [0, 0.1) is 10.1 Å². The summed E-state index contributed by atoms with van der Waals surface area (Å²) in [5, 5.41) is 14.8. The largest absolute Gasteiger partial charge is 0.380 e. The van der Waals surface area contributed by atoms with Gasteiger partial charge in [-0.3, -0.25) is 10.1 Å². The summed E-state index contributed by atoms with van der Waals surface area (Å²) in [5.41, 5.74) is 0.437. The molecule has 1 fully saturated rings. The Morgan fingerprint density at radius 3 is 3.00 bits per heavy atom. The summed E-state index contributed by atoms with van der Waals surface area (Å²) in [6.07, 6.45) is 1.99. The lowest BCUT2D eigenvalue weighted by Gasteiger charge is -2.34. The lowest BCUT2D eigenvalue weighted by atomic mass is 9.94. The molecule has 2 rings (SSSR count). The molecule has 0 spiro atoms. The molecule has 1 unspecified atom stereocenters. The number of hydrogen-bond acceptors (Lipinski definition) is 4. The number of benzene rings is 1. The molecule has 0 radical (unpaired) electrons. The van der Waals surface area contributed by atoms with E-state index in [0.29, 0.717) is 23.7 Å². The SMILES string of the molecule is CC1(NCc2c(Cl)cccc2[N+](=O)[O-])CCCOC1. The maximum Gasteiger partial charge on any atom is 0.275 e. The maximum absolute atomic E-state index is 11.0. The van der Waals surface area contributed by atoms with Crippen LogP contribution in [0.2, 0.25) is 5.02 Å². The van der Waals surface area contributed by atoms with Crippen LogP contribution in [0.1, 0.15) is 25.3 Å². The van der Waals surface area contributed by atoms with Crippen LogP contribution in [-0.2, 0) is 11.3 Å². The number of ether oxygens (including phenoxy) is 1. The predicted molar refractivity (Wildman–Crippen MR) is 73.4 cm³/mol. The Labute approximate surface area is 117 Å². The Morgan fingerprint density at radius 1 is 1.58 bits per heavy atom. The number of hydrogen-bond donors (Lipinski definition) is 1. The van der Waals surface area contributed by atoms with E-state index in [9.17, 15) is 10.1 Å². The molecular formula is C13H17ClN2O3. The summed E-state index contributed by atoms with van der Waals surface area (Å²) in [7, 11) is 0. The highest BCUT2D eigenvalue weighted by Gasteiger charge is 2.28. The van der Waals surface area contributed by atoms with E-state index in [0.717, 1.165) is 19.4 Å². The van der Waals surface area contributed by atoms with E-state index in [1.165, 1.54) is 6.07 Å². The lowest BCUT2D eigenvalue weighted by Crippen LogP contribution is -2.48. The van der Waals surface area contributed by atoms with Crippen molar-refractivity contribution in [3.8, 4) is 0 Å². The van der Waals surface area contributed by atoms with E-state index in [1.54, 1.807) is 12.1 Å². The number of nitrogens with one attached hydrogen (secondary N) is 1. The van der Waals surface area contributed by atoms with Gasteiger partial charge < -0.3 is 10.1 Å². The van der Waals surface area contributed by atoms with Crippen molar-refractivity contribution in [2.24, 2.45) is 0 Å². The molecule has 1 saturated heterocycles. The number of halogens is 1. The van der Waals surface area contributed by atoms with Crippen molar-refractivity contribution < 1.29 is 9.66 Å². The van der Waals surface area contributed by atoms with Crippen molar-refractivity contribution in [3.63, 3.8) is 0 Å².